The number of aryl methyl sites for hydroxylation is 1. The zero-order chi connectivity index (χ0) is 16.1. The Hall–Kier alpha value is -2.47. The summed E-state index contributed by atoms with van der Waals surface area (Å²) in [6, 6.07) is 7.65. The Morgan fingerprint density at radius 1 is 1.35 bits per heavy atom. The van der Waals surface area contributed by atoms with E-state index in [0.717, 1.165) is 30.7 Å². The van der Waals surface area contributed by atoms with Gasteiger partial charge in [-0.3, -0.25) is 4.79 Å². The number of nitrogens with zero attached hydrogens (tertiary/aromatic N) is 2. The molecule has 3 rings (SSSR count). The molecule has 120 valence electrons. The molecule has 0 radical (unpaired) electrons. The molecule has 6 nitrogen and oxygen atoms in total. The van der Waals surface area contributed by atoms with E-state index in [2.05, 4.69) is 20.6 Å². The Morgan fingerprint density at radius 3 is 2.87 bits per heavy atom. The third-order valence-electron chi connectivity index (χ3n) is 3.70. The van der Waals surface area contributed by atoms with Crippen LogP contribution in [0.25, 0.3) is 0 Å². The lowest BCUT2D eigenvalue weighted by Crippen LogP contribution is -2.20. The number of hydrogen-bond acceptors (Lipinski definition) is 5. The van der Waals surface area contributed by atoms with Crippen molar-refractivity contribution in [1.29, 1.82) is 0 Å². The second-order valence-electron chi connectivity index (χ2n) is 5.63. The number of carbonyl (C=O) groups excluding carboxylic acids is 1. The predicted molar refractivity (Wildman–Crippen MR) is 88.6 cm³/mol. The Kier molecular flexibility index (Phi) is 4.83. The number of ether oxygens (including phenoxy) is 1. The highest BCUT2D eigenvalue weighted by Gasteiger charge is 2.15. The van der Waals surface area contributed by atoms with E-state index in [0.29, 0.717) is 18.1 Å². The molecule has 23 heavy (non-hydrogen) atoms. The average molecular weight is 312 g/mol. The van der Waals surface area contributed by atoms with Gasteiger partial charge in [0, 0.05) is 31.2 Å². The highest BCUT2D eigenvalue weighted by Crippen LogP contribution is 2.13. The first-order valence-electron chi connectivity index (χ1n) is 7.76. The average Bonchev–Trinajstić information content (AvgIpc) is 3.07. The number of nitrogens with one attached hydrogen (secondary N) is 2. The molecule has 1 aliphatic heterocycles. The van der Waals surface area contributed by atoms with Gasteiger partial charge in [0.25, 0.3) is 5.91 Å². The summed E-state index contributed by atoms with van der Waals surface area (Å²) in [6.07, 6.45) is 5.43. The number of rotatable bonds is 5. The van der Waals surface area contributed by atoms with Crippen molar-refractivity contribution in [2.45, 2.75) is 25.9 Å². The van der Waals surface area contributed by atoms with Crippen LogP contribution in [0.5, 0.6) is 0 Å². The van der Waals surface area contributed by atoms with Crippen molar-refractivity contribution >= 4 is 17.5 Å². The zero-order valence-electron chi connectivity index (χ0n) is 13.1. The van der Waals surface area contributed by atoms with Gasteiger partial charge in [-0.2, -0.15) is 0 Å². The van der Waals surface area contributed by atoms with Crippen LogP contribution in [0, 0.1) is 6.92 Å². The molecule has 2 aromatic rings. The number of aromatic nitrogens is 2. The van der Waals surface area contributed by atoms with Gasteiger partial charge in [0.05, 0.1) is 11.7 Å². The molecule has 1 fully saturated rings. The second-order valence-corrected chi connectivity index (χ2v) is 5.63. The highest BCUT2D eigenvalue weighted by atomic mass is 16.5. The van der Waals surface area contributed by atoms with Crippen molar-refractivity contribution in [3.63, 3.8) is 0 Å². The smallest absolute Gasteiger partial charge is 0.258 e. The topological polar surface area (TPSA) is 76.1 Å². The number of amides is 1. The normalized spacial score (nSPS) is 17.0. The van der Waals surface area contributed by atoms with Crippen molar-refractivity contribution in [1.82, 2.24) is 9.97 Å². The number of benzene rings is 1. The fourth-order valence-corrected chi connectivity index (χ4v) is 2.47. The van der Waals surface area contributed by atoms with E-state index < -0.39 is 0 Å². The minimum atomic E-state index is -0.221. The van der Waals surface area contributed by atoms with Crippen LogP contribution < -0.4 is 10.6 Å². The predicted octanol–water partition coefficient (Wildman–Crippen LogP) is 2.63. The van der Waals surface area contributed by atoms with E-state index in [-0.39, 0.29) is 12.0 Å². The fraction of sp³-hybridized carbons (Fsp3) is 0.353. The van der Waals surface area contributed by atoms with Crippen molar-refractivity contribution in [2.24, 2.45) is 0 Å². The van der Waals surface area contributed by atoms with Crippen LogP contribution in [0.1, 0.15) is 28.8 Å². The van der Waals surface area contributed by atoms with Crippen molar-refractivity contribution in [3.05, 3.63) is 47.8 Å². The summed E-state index contributed by atoms with van der Waals surface area (Å²) in [6.45, 7) is 3.49. The Morgan fingerprint density at radius 2 is 2.17 bits per heavy atom. The largest absolute Gasteiger partial charge is 0.376 e. The van der Waals surface area contributed by atoms with Gasteiger partial charge in [0.2, 0.25) is 5.95 Å². The maximum atomic E-state index is 12.2. The van der Waals surface area contributed by atoms with Crippen LogP contribution in [0.2, 0.25) is 0 Å². The van der Waals surface area contributed by atoms with Gasteiger partial charge in [-0.15, -0.1) is 0 Å². The maximum Gasteiger partial charge on any atom is 0.258 e. The molecule has 0 aliphatic carbocycles. The lowest BCUT2D eigenvalue weighted by molar-refractivity contribution is 0.102. The van der Waals surface area contributed by atoms with Gasteiger partial charge >= 0.3 is 0 Å². The molecule has 0 spiro atoms. The molecule has 1 unspecified atom stereocenters. The summed E-state index contributed by atoms with van der Waals surface area (Å²) >= 11 is 0. The van der Waals surface area contributed by atoms with Crippen LogP contribution in [-0.4, -0.2) is 35.1 Å². The zero-order valence-corrected chi connectivity index (χ0v) is 13.1. The number of carbonyl (C=O) groups is 1. The maximum absolute atomic E-state index is 12.2. The minimum Gasteiger partial charge on any atom is -0.376 e. The lowest BCUT2D eigenvalue weighted by Gasteiger charge is -2.10. The molecule has 2 N–H and O–H groups in total. The van der Waals surface area contributed by atoms with Gasteiger partial charge < -0.3 is 15.4 Å². The molecule has 1 aromatic heterocycles. The molecule has 6 heteroatoms. The number of anilines is 2. The monoisotopic (exact) mass is 312 g/mol. The van der Waals surface area contributed by atoms with Gasteiger partial charge in [-0.05, 0) is 37.5 Å². The second kappa shape index (κ2) is 7.19. The van der Waals surface area contributed by atoms with E-state index in [9.17, 15) is 4.79 Å². The molecule has 1 saturated heterocycles. The summed E-state index contributed by atoms with van der Waals surface area (Å²) in [5.74, 6) is 0.286. The standard InChI is InChI=1S/C17H20N4O2/c1-12-4-2-5-14(8-12)21-16(22)13-9-18-17(19-10-13)20-11-15-6-3-7-23-15/h2,4-5,8-10,15H,3,6-7,11H2,1H3,(H,21,22)(H,18,19,20). The van der Waals surface area contributed by atoms with Gasteiger partial charge in [0.15, 0.2) is 0 Å². The molecule has 1 aliphatic rings. The summed E-state index contributed by atoms with van der Waals surface area (Å²) in [5, 5.41) is 5.97. The van der Waals surface area contributed by atoms with Crippen LogP contribution in [0.15, 0.2) is 36.7 Å². The minimum absolute atomic E-state index is 0.221. The highest BCUT2D eigenvalue weighted by molar-refractivity contribution is 6.03. The Labute approximate surface area is 135 Å². The molecule has 2 heterocycles. The van der Waals surface area contributed by atoms with Crippen molar-refractivity contribution < 1.29 is 9.53 Å². The first-order chi connectivity index (χ1) is 11.2. The summed E-state index contributed by atoms with van der Waals surface area (Å²) in [5.41, 5.74) is 2.28. The molecule has 1 aromatic carbocycles. The SMILES string of the molecule is Cc1cccc(NC(=O)c2cnc(NCC3CCCO3)nc2)c1. The van der Waals surface area contributed by atoms with Crippen LogP contribution in [-0.2, 0) is 4.74 Å². The molecule has 0 bridgehead atoms. The third-order valence-corrected chi connectivity index (χ3v) is 3.70. The van der Waals surface area contributed by atoms with E-state index >= 15 is 0 Å². The van der Waals surface area contributed by atoms with Gasteiger partial charge in [-0.1, -0.05) is 12.1 Å². The lowest BCUT2D eigenvalue weighted by atomic mass is 10.2. The first-order valence-corrected chi connectivity index (χ1v) is 7.76. The Bertz CT molecular complexity index is 667. The quantitative estimate of drug-likeness (QED) is 0.887. The van der Waals surface area contributed by atoms with Gasteiger partial charge in [0.1, 0.15) is 0 Å². The molecular formula is C17H20N4O2. The van der Waals surface area contributed by atoms with E-state index in [1.807, 2.05) is 31.2 Å². The van der Waals surface area contributed by atoms with Gasteiger partial charge in [-0.25, -0.2) is 9.97 Å². The molecule has 1 atom stereocenters. The van der Waals surface area contributed by atoms with E-state index in [1.54, 1.807) is 0 Å². The van der Waals surface area contributed by atoms with Crippen LogP contribution in [0.3, 0.4) is 0 Å². The third kappa shape index (κ3) is 4.26. The number of hydrogen-bond donors (Lipinski definition) is 2. The summed E-state index contributed by atoms with van der Waals surface area (Å²) < 4.78 is 5.53. The van der Waals surface area contributed by atoms with E-state index in [4.69, 9.17) is 4.74 Å². The fourth-order valence-electron chi connectivity index (χ4n) is 2.47. The van der Waals surface area contributed by atoms with Crippen molar-refractivity contribution in [2.75, 3.05) is 23.8 Å². The van der Waals surface area contributed by atoms with E-state index in [1.165, 1.54) is 12.4 Å². The molecular weight excluding hydrogens is 292 g/mol. The molecule has 1 amide bonds. The Balaban J connectivity index is 1.56. The first kappa shape index (κ1) is 15.4. The van der Waals surface area contributed by atoms with Crippen LogP contribution >= 0.6 is 0 Å². The van der Waals surface area contributed by atoms with Crippen molar-refractivity contribution in [3.8, 4) is 0 Å². The molecule has 0 saturated carbocycles. The van der Waals surface area contributed by atoms with Crippen LogP contribution in [0.4, 0.5) is 11.6 Å². The summed E-state index contributed by atoms with van der Waals surface area (Å²) in [4.78, 5) is 20.5. The summed E-state index contributed by atoms with van der Waals surface area (Å²) in [7, 11) is 0.